The third kappa shape index (κ3) is 2.50. The van der Waals surface area contributed by atoms with Crippen LogP contribution < -0.4 is 0 Å². The molecule has 17 heavy (non-hydrogen) atoms. The molecule has 0 saturated carbocycles. The van der Waals surface area contributed by atoms with Crippen molar-refractivity contribution in [3.63, 3.8) is 0 Å². The van der Waals surface area contributed by atoms with Crippen molar-refractivity contribution in [2.75, 3.05) is 19.8 Å². The average Bonchev–Trinajstić information content (AvgIpc) is 2.76. The lowest BCUT2D eigenvalue weighted by atomic mass is 10.2. The standard InChI is InChI=1S/C12H17NO4/c1-8-7-16-10(6-14)5-13(8)12(15)11-4-3-9(2)17-11/h3-4,8,10,14H,5-7H2,1-2H3. The van der Waals surface area contributed by atoms with Crippen molar-refractivity contribution in [1.82, 2.24) is 4.90 Å². The quantitative estimate of drug-likeness (QED) is 0.829. The van der Waals surface area contributed by atoms with E-state index in [0.717, 1.165) is 0 Å². The predicted molar refractivity (Wildman–Crippen MR) is 60.8 cm³/mol. The highest BCUT2D eigenvalue weighted by molar-refractivity contribution is 5.91. The molecule has 5 heteroatoms. The van der Waals surface area contributed by atoms with Crippen LogP contribution in [0.25, 0.3) is 0 Å². The number of aliphatic hydroxyl groups excluding tert-OH is 1. The lowest BCUT2D eigenvalue weighted by Gasteiger charge is -2.36. The fourth-order valence-corrected chi connectivity index (χ4v) is 1.90. The molecular formula is C12H17NO4. The van der Waals surface area contributed by atoms with Crippen LogP contribution in [0.5, 0.6) is 0 Å². The molecule has 1 N–H and O–H groups in total. The molecule has 1 amide bonds. The van der Waals surface area contributed by atoms with E-state index in [4.69, 9.17) is 14.3 Å². The Hall–Kier alpha value is -1.33. The number of aryl methyl sites for hydroxylation is 1. The van der Waals surface area contributed by atoms with E-state index in [1.54, 1.807) is 24.0 Å². The smallest absolute Gasteiger partial charge is 0.289 e. The number of rotatable bonds is 2. The highest BCUT2D eigenvalue weighted by Gasteiger charge is 2.31. The maximum absolute atomic E-state index is 12.2. The summed E-state index contributed by atoms with van der Waals surface area (Å²) in [4.78, 5) is 13.9. The molecule has 1 saturated heterocycles. The van der Waals surface area contributed by atoms with Crippen LogP contribution in [0, 0.1) is 6.92 Å². The summed E-state index contributed by atoms with van der Waals surface area (Å²) in [5.74, 6) is 0.910. The Morgan fingerprint density at radius 3 is 2.94 bits per heavy atom. The van der Waals surface area contributed by atoms with Gasteiger partial charge >= 0.3 is 0 Å². The first-order valence-corrected chi connectivity index (χ1v) is 5.71. The Morgan fingerprint density at radius 1 is 1.59 bits per heavy atom. The molecule has 5 nitrogen and oxygen atoms in total. The van der Waals surface area contributed by atoms with Crippen LogP contribution in [0.3, 0.4) is 0 Å². The number of carbonyl (C=O) groups is 1. The zero-order chi connectivity index (χ0) is 12.4. The minimum atomic E-state index is -0.300. The minimum Gasteiger partial charge on any atom is -0.456 e. The maximum Gasteiger partial charge on any atom is 0.289 e. The Balaban J connectivity index is 2.12. The monoisotopic (exact) mass is 239 g/mol. The van der Waals surface area contributed by atoms with Crippen molar-refractivity contribution in [3.05, 3.63) is 23.7 Å². The average molecular weight is 239 g/mol. The lowest BCUT2D eigenvalue weighted by Crippen LogP contribution is -2.51. The summed E-state index contributed by atoms with van der Waals surface area (Å²) in [6, 6.07) is 3.44. The third-order valence-electron chi connectivity index (χ3n) is 2.92. The van der Waals surface area contributed by atoms with Gasteiger partial charge in [-0.25, -0.2) is 0 Å². The second-order valence-corrected chi connectivity index (χ2v) is 4.35. The first kappa shape index (κ1) is 12.1. The van der Waals surface area contributed by atoms with Gasteiger partial charge in [-0.3, -0.25) is 4.79 Å². The van der Waals surface area contributed by atoms with Gasteiger partial charge in [-0.05, 0) is 26.0 Å². The zero-order valence-electron chi connectivity index (χ0n) is 10.0. The Labute approximate surface area is 100.0 Å². The second kappa shape index (κ2) is 4.89. The molecule has 1 aliphatic rings. The largest absolute Gasteiger partial charge is 0.456 e. The molecule has 0 bridgehead atoms. The summed E-state index contributed by atoms with van der Waals surface area (Å²) in [5.41, 5.74) is 0. The number of hydrogen-bond acceptors (Lipinski definition) is 4. The van der Waals surface area contributed by atoms with Gasteiger partial charge in [-0.1, -0.05) is 0 Å². The van der Waals surface area contributed by atoms with Crippen molar-refractivity contribution in [2.24, 2.45) is 0 Å². The van der Waals surface area contributed by atoms with Gasteiger partial charge in [0.2, 0.25) is 0 Å². The number of ether oxygens (including phenoxy) is 1. The summed E-state index contributed by atoms with van der Waals surface area (Å²) in [7, 11) is 0. The van der Waals surface area contributed by atoms with E-state index < -0.39 is 0 Å². The van der Waals surface area contributed by atoms with Crippen molar-refractivity contribution in [2.45, 2.75) is 26.0 Å². The number of hydrogen-bond donors (Lipinski definition) is 1. The van der Waals surface area contributed by atoms with E-state index in [-0.39, 0.29) is 24.7 Å². The number of amides is 1. The van der Waals surface area contributed by atoms with Gasteiger partial charge in [0.15, 0.2) is 5.76 Å². The summed E-state index contributed by atoms with van der Waals surface area (Å²) in [6.45, 7) is 4.48. The summed E-state index contributed by atoms with van der Waals surface area (Å²) in [5, 5.41) is 9.07. The first-order chi connectivity index (χ1) is 8.11. The van der Waals surface area contributed by atoms with E-state index in [1.807, 2.05) is 6.92 Å². The molecular weight excluding hydrogens is 222 g/mol. The molecule has 1 fully saturated rings. The Kier molecular flexibility index (Phi) is 3.49. The van der Waals surface area contributed by atoms with Crippen molar-refractivity contribution in [3.8, 4) is 0 Å². The van der Waals surface area contributed by atoms with Gasteiger partial charge in [0.05, 0.1) is 25.4 Å². The molecule has 1 aromatic rings. The fourth-order valence-electron chi connectivity index (χ4n) is 1.90. The van der Waals surface area contributed by atoms with E-state index >= 15 is 0 Å². The van der Waals surface area contributed by atoms with Crippen LogP contribution in [0.15, 0.2) is 16.5 Å². The molecule has 94 valence electrons. The molecule has 0 spiro atoms. The van der Waals surface area contributed by atoms with Gasteiger partial charge in [-0.15, -0.1) is 0 Å². The molecule has 0 aromatic carbocycles. The summed E-state index contributed by atoms with van der Waals surface area (Å²) >= 11 is 0. The number of furan rings is 1. The highest BCUT2D eigenvalue weighted by Crippen LogP contribution is 2.17. The fraction of sp³-hybridized carbons (Fsp3) is 0.583. The highest BCUT2D eigenvalue weighted by atomic mass is 16.5. The van der Waals surface area contributed by atoms with Crippen LogP contribution in [-0.4, -0.2) is 47.8 Å². The lowest BCUT2D eigenvalue weighted by molar-refractivity contribution is -0.0674. The van der Waals surface area contributed by atoms with Crippen LogP contribution in [0.1, 0.15) is 23.2 Å². The van der Waals surface area contributed by atoms with Crippen LogP contribution >= 0.6 is 0 Å². The molecule has 0 aliphatic carbocycles. The van der Waals surface area contributed by atoms with E-state index in [1.165, 1.54) is 0 Å². The molecule has 0 radical (unpaired) electrons. The SMILES string of the molecule is Cc1ccc(C(=O)N2CC(CO)OCC2C)o1. The predicted octanol–water partition coefficient (Wildman–Crippen LogP) is 0.810. The molecule has 1 aliphatic heterocycles. The summed E-state index contributed by atoms with van der Waals surface area (Å²) < 4.78 is 10.7. The molecule has 1 aromatic heterocycles. The van der Waals surface area contributed by atoms with Gasteiger partial charge in [-0.2, -0.15) is 0 Å². The van der Waals surface area contributed by atoms with Crippen LogP contribution in [0.2, 0.25) is 0 Å². The van der Waals surface area contributed by atoms with E-state index in [0.29, 0.717) is 24.7 Å². The summed E-state index contributed by atoms with van der Waals surface area (Å²) in [6.07, 6.45) is -0.300. The third-order valence-corrected chi connectivity index (χ3v) is 2.92. The second-order valence-electron chi connectivity index (χ2n) is 4.35. The molecule has 2 atom stereocenters. The number of aliphatic hydroxyl groups is 1. The van der Waals surface area contributed by atoms with Crippen molar-refractivity contribution < 1.29 is 19.1 Å². The van der Waals surface area contributed by atoms with Gasteiger partial charge in [0, 0.05) is 6.54 Å². The van der Waals surface area contributed by atoms with E-state index in [2.05, 4.69) is 0 Å². The van der Waals surface area contributed by atoms with Crippen molar-refractivity contribution >= 4 is 5.91 Å². The molecule has 2 unspecified atom stereocenters. The minimum absolute atomic E-state index is 0.00398. The van der Waals surface area contributed by atoms with Crippen LogP contribution in [-0.2, 0) is 4.74 Å². The molecule has 2 heterocycles. The van der Waals surface area contributed by atoms with E-state index in [9.17, 15) is 4.79 Å². The normalized spacial score (nSPS) is 25.0. The van der Waals surface area contributed by atoms with Gasteiger partial charge in [0.25, 0.3) is 5.91 Å². The Bertz CT molecular complexity index is 401. The van der Waals surface area contributed by atoms with Gasteiger partial charge in [0.1, 0.15) is 5.76 Å². The van der Waals surface area contributed by atoms with Crippen molar-refractivity contribution in [1.29, 1.82) is 0 Å². The maximum atomic E-state index is 12.2. The Morgan fingerprint density at radius 2 is 2.35 bits per heavy atom. The number of carbonyl (C=O) groups excluding carboxylic acids is 1. The molecule has 2 rings (SSSR count). The number of nitrogens with zero attached hydrogens (tertiary/aromatic N) is 1. The zero-order valence-corrected chi connectivity index (χ0v) is 10.0. The first-order valence-electron chi connectivity index (χ1n) is 5.71. The topological polar surface area (TPSA) is 62.9 Å². The van der Waals surface area contributed by atoms with Gasteiger partial charge < -0.3 is 19.2 Å². The number of morpholine rings is 1. The van der Waals surface area contributed by atoms with Crippen LogP contribution in [0.4, 0.5) is 0 Å².